The number of methoxy groups -OCH3 is 2. The van der Waals surface area contributed by atoms with E-state index in [1.54, 1.807) is 31.3 Å². The number of rotatable bonds is 4. The van der Waals surface area contributed by atoms with Gasteiger partial charge in [-0.2, -0.15) is 0 Å². The van der Waals surface area contributed by atoms with Crippen LogP contribution in [0.2, 0.25) is 0 Å². The van der Waals surface area contributed by atoms with Crippen molar-refractivity contribution in [3.05, 3.63) is 29.8 Å². The molecular formula is C14H19NO4. The third-order valence-electron chi connectivity index (χ3n) is 3.18. The average molecular weight is 265 g/mol. The minimum Gasteiger partial charge on any atom is -0.496 e. The van der Waals surface area contributed by atoms with Crippen LogP contribution in [0.5, 0.6) is 5.75 Å². The minimum atomic E-state index is -0.0452. The summed E-state index contributed by atoms with van der Waals surface area (Å²) in [7, 11) is 3.19. The molecule has 0 aliphatic carbocycles. The fraction of sp³-hybridized carbons (Fsp3) is 0.500. The van der Waals surface area contributed by atoms with Crippen LogP contribution in [0, 0.1) is 0 Å². The van der Waals surface area contributed by atoms with Crippen molar-refractivity contribution < 1.29 is 19.0 Å². The molecule has 1 heterocycles. The van der Waals surface area contributed by atoms with Gasteiger partial charge in [0.25, 0.3) is 5.91 Å². The maximum atomic E-state index is 12.6. The van der Waals surface area contributed by atoms with Gasteiger partial charge < -0.3 is 19.1 Å². The first-order valence-electron chi connectivity index (χ1n) is 6.28. The number of para-hydroxylation sites is 1. The highest BCUT2D eigenvalue weighted by atomic mass is 16.5. The van der Waals surface area contributed by atoms with Crippen molar-refractivity contribution in [1.29, 1.82) is 0 Å². The van der Waals surface area contributed by atoms with Crippen molar-refractivity contribution in [2.24, 2.45) is 0 Å². The molecule has 1 unspecified atom stereocenters. The molecule has 1 aromatic rings. The summed E-state index contributed by atoms with van der Waals surface area (Å²) in [6.07, 6.45) is 0. The molecule has 19 heavy (non-hydrogen) atoms. The normalized spacial score (nSPS) is 19.3. The van der Waals surface area contributed by atoms with E-state index in [0.29, 0.717) is 37.7 Å². The van der Waals surface area contributed by atoms with Crippen molar-refractivity contribution in [3.63, 3.8) is 0 Å². The third-order valence-corrected chi connectivity index (χ3v) is 3.18. The highest BCUT2D eigenvalue weighted by molar-refractivity contribution is 5.97. The molecule has 5 nitrogen and oxygen atoms in total. The molecule has 2 rings (SSSR count). The number of benzene rings is 1. The second kappa shape index (κ2) is 6.54. The quantitative estimate of drug-likeness (QED) is 0.820. The molecule has 0 spiro atoms. The Kier molecular flexibility index (Phi) is 4.76. The van der Waals surface area contributed by atoms with Gasteiger partial charge >= 0.3 is 0 Å². The van der Waals surface area contributed by atoms with Gasteiger partial charge in [0.05, 0.1) is 38.5 Å². The van der Waals surface area contributed by atoms with Gasteiger partial charge in [-0.15, -0.1) is 0 Å². The van der Waals surface area contributed by atoms with Crippen molar-refractivity contribution in [2.45, 2.75) is 6.04 Å². The number of ether oxygens (including phenoxy) is 3. The average Bonchev–Trinajstić information content (AvgIpc) is 2.47. The van der Waals surface area contributed by atoms with Gasteiger partial charge in [0.1, 0.15) is 5.75 Å². The maximum absolute atomic E-state index is 12.6. The first-order valence-corrected chi connectivity index (χ1v) is 6.28. The van der Waals surface area contributed by atoms with Crippen LogP contribution in [0.25, 0.3) is 0 Å². The number of carbonyl (C=O) groups is 1. The van der Waals surface area contributed by atoms with Gasteiger partial charge in [0, 0.05) is 13.7 Å². The molecule has 0 N–H and O–H groups in total. The van der Waals surface area contributed by atoms with Crippen molar-refractivity contribution in [3.8, 4) is 5.75 Å². The zero-order chi connectivity index (χ0) is 13.7. The lowest BCUT2D eigenvalue weighted by atomic mass is 10.1. The minimum absolute atomic E-state index is 0.0391. The predicted octanol–water partition coefficient (Wildman–Crippen LogP) is 1.18. The molecule has 0 radical (unpaired) electrons. The Bertz CT molecular complexity index is 433. The van der Waals surface area contributed by atoms with E-state index in [-0.39, 0.29) is 11.9 Å². The third kappa shape index (κ3) is 3.05. The molecule has 104 valence electrons. The number of carbonyl (C=O) groups excluding carboxylic acids is 1. The zero-order valence-electron chi connectivity index (χ0n) is 11.3. The molecule has 1 amide bonds. The number of hydrogen-bond acceptors (Lipinski definition) is 4. The van der Waals surface area contributed by atoms with E-state index in [0.717, 1.165) is 0 Å². The molecule has 1 aliphatic rings. The van der Waals surface area contributed by atoms with E-state index in [4.69, 9.17) is 14.2 Å². The SMILES string of the molecule is COCC1COCCN1C(=O)c1ccccc1OC. The highest BCUT2D eigenvalue weighted by Crippen LogP contribution is 2.21. The molecule has 0 bridgehead atoms. The fourth-order valence-electron chi connectivity index (χ4n) is 2.23. The van der Waals surface area contributed by atoms with Crippen LogP contribution in [0.3, 0.4) is 0 Å². The number of hydrogen-bond donors (Lipinski definition) is 0. The lowest BCUT2D eigenvalue weighted by molar-refractivity contribution is -0.0252. The van der Waals surface area contributed by atoms with Gasteiger partial charge in [0.2, 0.25) is 0 Å². The van der Waals surface area contributed by atoms with Crippen LogP contribution in [0.15, 0.2) is 24.3 Å². The predicted molar refractivity (Wildman–Crippen MR) is 70.5 cm³/mol. The summed E-state index contributed by atoms with van der Waals surface area (Å²) in [5, 5.41) is 0. The van der Waals surface area contributed by atoms with Crippen LogP contribution < -0.4 is 4.74 Å². The van der Waals surface area contributed by atoms with Gasteiger partial charge in [-0.3, -0.25) is 4.79 Å². The number of nitrogens with zero attached hydrogens (tertiary/aromatic N) is 1. The summed E-state index contributed by atoms with van der Waals surface area (Å²) in [6.45, 7) is 2.11. The van der Waals surface area contributed by atoms with Crippen molar-refractivity contribution in [2.75, 3.05) is 40.6 Å². The van der Waals surface area contributed by atoms with E-state index < -0.39 is 0 Å². The van der Waals surface area contributed by atoms with E-state index in [2.05, 4.69) is 0 Å². The lowest BCUT2D eigenvalue weighted by Crippen LogP contribution is -2.50. The molecule has 0 saturated carbocycles. The Morgan fingerprint density at radius 1 is 1.42 bits per heavy atom. The summed E-state index contributed by atoms with van der Waals surface area (Å²) in [6, 6.07) is 7.21. The number of morpholine rings is 1. The van der Waals surface area contributed by atoms with Gasteiger partial charge in [0.15, 0.2) is 0 Å². The van der Waals surface area contributed by atoms with Crippen LogP contribution in [-0.4, -0.2) is 57.4 Å². The van der Waals surface area contributed by atoms with E-state index in [9.17, 15) is 4.79 Å². The molecule has 1 fully saturated rings. The monoisotopic (exact) mass is 265 g/mol. The zero-order valence-corrected chi connectivity index (χ0v) is 11.3. The summed E-state index contributed by atoms with van der Waals surface area (Å²) in [5.41, 5.74) is 0.577. The molecule has 5 heteroatoms. The Morgan fingerprint density at radius 2 is 2.21 bits per heavy atom. The second-order valence-electron chi connectivity index (χ2n) is 4.38. The van der Waals surface area contributed by atoms with Crippen molar-refractivity contribution >= 4 is 5.91 Å². The number of amides is 1. The van der Waals surface area contributed by atoms with E-state index >= 15 is 0 Å². The summed E-state index contributed by atoms with van der Waals surface area (Å²) < 4.78 is 15.8. The summed E-state index contributed by atoms with van der Waals surface area (Å²) in [4.78, 5) is 14.4. The summed E-state index contributed by atoms with van der Waals surface area (Å²) >= 11 is 0. The molecule has 1 aliphatic heterocycles. The smallest absolute Gasteiger partial charge is 0.258 e. The summed E-state index contributed by atoms with van der Waals surface area (Å²) in [5.74, 6) is 0.554. The second-order valence-corrected chi connectivity index (χ2v) is 4.38. The Labute approximate surface area is 113 Å². The Hall–Kier alpha value is -1.59. The van der Waals surface area contributed by atoms with Crippen LogP contribution >= 0.6 is 0 Å². The highest BCUT2D eigenvalue weighted by Gasteiger charge is 2.29. The molecule has 0 aromatic heterocycles. The first kappa shape index (κ1) is 13.8. The molecule has 1 atom stereocenters. The van der Waals surface area contributed by atoms with Crippen LogP contribution in [0.1, 0.15) is 10.4 Å². The van der Waals surface area contributed by atoms with Gasteiger partial charge in [-0.25, -0.2) is 0 Å². The topological polar surface area (TPSA) is 48.0 Å². The maximum Gasteiger partial charge on any atom is 0.258 e. The standard InChI is InChI=1S/C14H19NO4/c1-17-9-11-10-19-8-7-15(11)14(16)12-5-3-4-6-13(12)18-2/h3-6,11H,7-10H2,1-2H3. The fourth-order valence-corrected chi connectivity index (χ4v) is 2.23. The first-order chi connectivity index (χ1) is 9.27. The Morgan fingerprint density at radius 3 is 2.95 bits per heavy atom. The largest absolute Gasteiger partial charge is 0.496 e. The molecule has 1 saturated heterocycles. The molecule has 1 aromatic carbocycles. The van der Waals surface area contributed by atoms with Crippen molar-refractivity contribution in [1.82, 2.24) is 4.90 Å². The van der Waals surface area contributed by atoms with Gasteiger partial charge in [-0.1, -0.05) is 12.1 Å². The molecular weight excluding hydrogens is 246 g/mol. The Balaban J connectivity index is 2.21. The van der Waals surface area contributed by atoms with Crippen LogP contribution in [0.4, 0.5) is 0 Å². The van der Waals surface area contributed by atoms with E-state index in [1.165, 1.54) is 0 Å². The van der Waals surface area contributed by atoms with E-state index in [1.807, 2.05) is 12.1 Å². The lowest BCUT2D eigenvalue weighted by Gasteiger charge is -2.35. The van der Waals surface area contributed by atoms with Crippen LogP contribution in [-0.2, 0) is 9.47 Å². The van der Waals surface area contributed by atoms with Gasteiger partial charge in [-0.05, 0) is 12.1 Å².